The Labute approximate surface area is 139 Å². The highest BCUT2D eigenvalue weighted by molar-refractivity contribution is 7.98. The van der Waals surface area contributed by atoms with Gasteiger partial charge in [-0.05, 0) is 43.0 Å². The number of anilines is 1. The third-order valence-electron chi connectivity index (χ3n) is 3.27. The number of pyridine rings is 1. The Hall–Kier alpha value is -2.34. The van der Waals surface area contributed by atoms with Crippen LogP contribution < -0.4 is 10.6 Å². The zero-order chi connectivity index (χ0) is 16.7. The molecule has 0 aliphatic heterocycles. The second-order valence-electron chi connectivity index (χ2n) is 4.98. The Morgan fingerprint density at radius 1 is 1.26 bits per heavy atom. The number of benzene rings is 1. The molecule has 1 heterocycles. The number of aryl methyl sites for hydroxylation is 1. The van der Waals surface area contributed by atoms with Crippen LogP contribution in [0.1, 0.15) is 22.3 Å². The first kappa shape index (κ1) is 17.0. The van der Waals surface area contributed by atoms with Crippen LogP contribution in [0.2, 0.25) is 0 Å². The smallest absolute Gasteiger partial charge is 0.251 e. The van der Waals surface area contributed by atoms with Gasteiger partial charge in [-0.3, -0.25) is 14.6 Å². The number of carbonyl (C=O) groups is 2. The van der Waals surface area contributed by atoms with E-state index in [0.29, 0.717) is 11.3 Å². The number of hydrogen-bond donors (Lipinski definition) is 2. The molecule has 2 aromatic rings. The molecule has 0 bridgehead atoms. The molecule has 0 saturated carbocycles. The van der Waals surface area contributed by atoms with Gasteiger partial charge in [0.15, 0.2) is 0 Å². The first-order chi connectivity index (χ1) is 11.1. The highest BCUT2D eigenvalue weighted by Gasteiger charge is 2.10. The maximum atomic E-state index is 12.2. The van der Waals surface area contributed by atoms with Gasteiger partial charge in [-0.25, -0.2) is 0 Å². The van der Waals surface area contributed by atoms with Crippen molar-refractivity contribution in [2.75, 3.05) is 18.1 Å². The van der Waals surface area contributed by atoms with E-state index in [1.54, 1.807) is 36.3 Å². The number of aromatic nitrogens is 1. The van der Waals surface area contributed by atoms with Gasteiger partial charge in [0, 0.05) is 29.6 Å². The summed E-state index contributed by atoms with van der Waals surface area (Å²) >= 11 is 1.59. The van der Waals surface area contributed by atoms with Crippen molar-refractivity contribution in [1.29, 1.82) is 0 Å². The fourth-order valence-corrected chi connectivity index (χ4v) is 2.46. The number of nitrogens with one attached hydrogen (secondary N) is 2. The second kappa shape index (κ2) is 8.33. The fourth-order valence-electron chi connectivity index (χ4n) is 2.02. The molecule has 120 valence electrons. The van der Waals surface area contributed by atoms with Gasteiger partial charge < -0.3 is 10.6 Å². The van der Waals surface area contributed by atoms with E-state index < -0.39 is 0 Å². The van der Waals surface area contributed by atoms with Gasteiger partial charge in [0.25, 0.3) is 5.91 Å². The third-order valence-corrected chi connectivity index (χ3v) is 4.00. The van der Waals surface area contributed by atoms with E-state index in [2.05, 4.69) is 15.6 Å². The van der Waals surface area contributed by atoms with Gasteiger partial charge >= 0.3 is 0 Å². The van der Waals surface area contributed by atoms with Gasteiger partial charge in [0.2, 0.25) is 5.91 Å². The average molecular weight is 329 g/mol. The van der Waals surface area contributed by atoms with Gasteiger partial charge in [-0.2, -0.15) is 0 Å². The summed E-state index contributed by atoms with van der Waals surface area (Å²) in [4.78, 5) is 29.0. The first-order valence-corrected chi connectivity index (χ1v) is 8.45. The number of carbonyl (C=O) groups excluding carboxylic acids is 2. The molecule has 5 nitrogen and oxygen atoms in total. The highest BCUT2D eigenvalue weighted by Crippen LogP contribution is 2.19. The van der Waals surface area contributed by atoms with Crippen molar-refractivity contribution in [3.63, 3.8) is 0 Å². The van der Waals surface area contributed by atoms with Gasteiger partial charge in [-0.1, -0.05) is 6.07 Å². The molecule has 0 aliphatic rings. The van der Waals surface area contributed by atoms with Gasteiger partial charge in [-0.15, -0.1) is 11.8 Å². The quantitative estimate of drug-likeness (QED) is 0.800. The van der Waals surface area contributed by atoms with Crippen LogP contribution in [0.25, 0.3) is 0 Å². The molecule has 0 radical (unpaired) electrons. The molecule has 2 rings (SSSR count). The number of thioether (sulfide) groups is 1. The average Bonchev–Trinajstić information content (AvgIpc) is 2.56. The van der Waals surface area contributed by atoms with Crippen molar-refractivity contribution in [1.82, 2.24) is 10.3 Å². The highest BCUT2D eigenvalue weighted by atomic mass is 32.2. The Morgan fingerprint density at radius 2 is 2.09 bits per heavy atom. The Kier molecular flexibility index (Phi) is 6.17. The Morgan fingerprint density at radius 3 is 2.78 bits per heavy atom. The van der Waals surface area contributed by atoms with Crippen LogP contribution in [0, 0.1) is 6.92 Å². The first-order valence-electron chi connectivity index (χ1n) is 7.23. The van der Waals surface area contributed by atoms with Crippen LogP contribution >= 0.6 is 11.8 Å². The Bertz CT molecular complexity index is 689. The lowest BCUT2D eigenvalue weighted by molar-refractivity contribution is -0.116. The van der Waals surface area contributed by atoms with E-state index in [-0.39, 0.29) is 24.8 Å². The summed E-state index contributed by atoms with van der Waals surface area (Å²) in [6.45, 7) is 2.18. The molecular formula is C17H19N3O2S. The standard InChI is InChI=1S/C17H19N3O2S/c1-12-5-6-14(23-2)10-15(12)17(22)19-9-7-16(21)20-13-4-3-8-18-11-13/h3-6,8,10-11H,7,9H2,1-2H3,(H,19,22)(H,20,21). The van der Waals surface area contributed by atoms with E-state index in [0.717, 1.165) is 10.5 Å². The maximum Gasteiger partial charge on any atom is 0.251 e. The zero-order valence-corrected chi connectivity index (χ0v) is 13.9. The molecule has 2 amide bonds. The van der Waals surface area contributed by atoms with Crippen molar-refractivity contribution >= 4 is 29.3 Å². The van der Waals surface area contributed by atoms with Crippen LogP contribution in [0.5, 0.6) is 0 Å². The lowest BCUT2D eigenvalue weighted by atomic mass is 10.1. The van der Waals surface area contributed by atoms with Crippen molar-refractivity contribution in [3.05, 3.63) is 53.9 Å². The summed E-state index contributed by atoms with van der Waals surface area (Å²) in [5.41, 5.74) is 2.21. The topological polar surface area (TPSA) is 71.1 Å². The van der Waals surface area contributed by atoms with E-state index >= 15 is 0 Å². The minimum Gasteiger partial charge on any atom is -0.352 e. The molecule has 23 heavy (non-hydrogen) atoms. The summed E-state index contributed by atoms with van der Waals surface area (Å²) in [6.07, 6.45) is 5.39. The molecule has 0 fully saturated rings. The molecule has 6 heteroatoms. The third kappa shape index (κ3) is 5.10. The predicted molar refractivity (Wildman–Crippen MR) is 92.8 cm³/mol. The van der Waals surface area contributed by atoms with Gasteiger partial charge in [0.05, 0.1) is 11.9 Å². The van der Waals surface area contributed by atoms with Crippen molar-refractivity contribution in [2.24, 2.45) is 0 Å². The molecule has 1 aromatic carbocycles. The molecule has 0 aliphatic carbocycles. The summed E-state index contributed by atoms with van der Waals surface area (Å²) in [5, 5.41) is 5.51. The van der Waals surface area contributed by atoms with E-state index in [1.165, 1.54) is 0 Å². The lowest BCUT2D eigenvalue weighted by Gasteiger charge is -2.09. The number of hydrogen-bond acceptors (Lipinski definition) is 4. The minimum absolute atomic E-state index is 0.159. The van der Waals surface area contributed by atoms with Crippen molar-refractivity contribution in [3.8, 4) is 0 Å². The monoisotopic (exact) mass is 329 g/mol. The van der Waals surface area contributed by atoms with E-state index in [1.807, 2.05) is 31.4 Å². The van der Waals surface area contributed by atoms with Crippen LogP contribution in [0.3, 0.4) is 0 Å². The second-order valence-corrected chi connectivity index (χ2v) is 5.86. The number of rotatable bonds is 6. The van der Waals surface area contributed by atoms with Gasteiger partial charge in [0.1, 0.15) is 0 Å². The number of amides is 2. The molecular weight excluding hydrogens is 310 g/mol. The van der Waals surface area contributed by atoms with Crippen LogP contribution in [0.4, 0.5) is 5.69 Å². The van der Waals surface area contributed by atoms with E-state index in [4.69, 9.17) is 0 Å². The zero-order valence-electron chi connectivity index (χ0n) is 13.1. The van der Waals surface area contributed by atoms with E-state index in [9.17, 15) is 9.59 Å². The van der Waals surface area contributed by atoms with Crippen LogP contribution in [-0.4, -0.2) is 29.6 Å². The largest absolute Gasteiger partial charge is 0.352 e. The SMILES string of the molecule is CSc1ccc(C)c(C(=O)NCCC(=O)Nc2cccnc2)c1. The minimum atomic E-state index is -0.160. The van der Waals surface area contributed by atoms with Crippen LogP contribution in [-0.2, 0) is 4.79 Å². The maximum absolute atomic E-state index is 12.2. The van der Waals surface area contributed by atoms with Crippen molar-refractivity contribution in [2.45, 2.75) is 18.2 Å². The molecule has 0 atom stereocenters. The fraction of sp³-hybridized carbons (Fsp3) is 0.235. The normalized spacial score (nSPS) is 10.2. The molecule has 0 saturated heterocycles. The number of nitrogens with zero attached hydrogens (tertiary/aromatic N) is 1. The molecule has 0 spiro atoms. The van der Waals surface area contributed by atoms with Crippen LogP contribution in [0.15, 0.2) is 47.6 Å². The molecule has 1 aromatic heterocycles. The molecule has 0 unspecified atom stereocenters. The van der Waals surface area contributed by atoms with Crippen molar-refractivity contribution < 1.29 is 9.59 Å². The summed E-state index contributed by atoms with van der Waals surface area (Å²) in [5.74, 6) is -0.319. The summed E-state index contributed by atoms with van der Waals surface area (Å²) in [7, 11) is 0. The summed E-state index contributed by atoms with van der Waals surface area (Å²) in [6, 6.07) is 9.29. The molecule has 2 N–H and O–H groups in total. The Balaban J connectivity index is 1.84. The lowest BCUT2D eigenvalue weighted by Crippen LogP contribution is -2.28. The summed E-state index contributed by atoms with van der Waals surface area (Å²) < 4.78 is 0. The predicted octanol–water partition coefficient (Wildman–Crippen LogP) is 2.87.